The van der Waals surface area contributed by atoms with Gasteiger partial charge in [0.25, 0.3) is 0 Å². The van der Waals surface area contributed by atoms with Crippen LogP contribution in [0.2, 0.25) is 0 Å². The Labute approximate surface area is 179 Å². The summed E-state index contributed by atoms with van der Waals surface area (Å²) in [6.07, 6.45) is 7.19. The monoisotopic (exact) mass is 422 g/mol. The number of aliphatic imine (C=N–C) groups is 1. The topological polar surface area (TPSA) is 48.9 Å². The molecule has 1 aromatic rings. The van der Waals surface area contributed by atoms with Gasteiger partial charge in [0.05, 0.1) is 0 Å². The zero-order chi connectivity index (χ0) is 21.4. The summed E-state index contributed by atoms with van der Waals surface area (Å²) in [7, 11) is 1.80. The average Bonchev–Trinajstić information content (AvgIpc) is 3.41. The summed E-state index contributed by atoms with van der Waals surface area (Å²) in [5, 5.41) is 7.00. The number of guanidine groups is 1. The Bertz CT molecular complexity index is 706. The van der Waals surface area contributed by atoms with Gasteiger partial charge in [-0.25, -0.2) is 8.78 Å². The van der Waals surface area contributed by atoms with Crippen molar-refractivity contribution in [2.24, 2.45) is 16.3 Å². The van der Waals surface area contributed by atoms with Crippen molar-refractivity contribution in [3.63, 3.8) is 0 Å². The maximum atomic E-state index is 13.5. The molecule has 7 heteroatoms. The predicted molar refractivity (Wildman–Crippen MR) is 118 cm³/mol. The van der Waals surface area contributed by atoms with Crippen molar-refractivity contribution in [3.8, 4) is 0 Å². The number of rotatable bonds is 9. The summed E-state index contributed by atoms with van der Waals surface area (Å²) >= 11 is 0. The molecule has 1 unspecified atom stereocenters. The second-order valence-electron chi connectivity index (χ2n) is 8.66. The molecule has 3 rings (SSSR count). The minimum absolute atomic E-state index is 0.309. The first-order valence-electron chi connectivity index (χ1n) is 11.3. The second-order valence-corrected chi connectivity index (χ2v) is 8.66. The largest absolute Gasteiger partial charge is 0.382 e. The second kappa shape index (κ2) is 10.9. The van der Waals surface area contributed by atoms with E-state index in [1.54, 1.807) is 13.1 Å². The Kier molecular flexibility index (Phi) is 8.31. The fourth-order valence-electron chi connectivity index (χ4n) is 4.72. The first-order chi connectivity index (χ1) is 14.5. The number of ether oxygens (including phenoxy) is 1. The molecule has 2 N–H and O–H groups in total. The molecule has 0 amide bonds. The number of anilines is 1. The smallest absolute Gasteiger partial charge is 0.191 e. The third-order valence-corrected chi connectivity index (χ3v) is 6.61. The van der Waals surface area contributed by atoms with E-state index in [1.807, 2.05) is 6.92 Å². The highest BCUT2D eigenvalue weighted by molar-refractivity contribution is 5.79. The fourth-order valence-corrected chi connectivity index (χ4v) is 4.72. The summed E-state index contributed by atoms with van der Waals surface area (Å²) in [6.45, 7) is 7.05. The first kappa shape index (κ1) is 22.8. The minimum Gasteiger partial charge on any atom is -0.382 e. The Morgan fingerprint density at radius 3 is 2.73 bits per heavy atom. The quantitative estimate of drug-likeness (QED) is 0.360. The van der Waals surface area contributed by atoms with Gasteiger partial charge in [-0.05, 0) is 56.1 Å². The lowest BCUT2D eigenvalue weighted by molar-refractivity contribution is 0.105. The molecule has 5 nitrogen and oxygen atoms in total. The Balaban J connectivity index is 1.44. The van der Waals surface area contributed by atoms with Crippen LogP contribution in [0.5, 0.6) is 0 Å². The van der Waals surface area contributed by atoms with Crippen LogP contribution in [-0.4, -0.2) is 52.4 Å². The number of nitrogens with zero attached hydrogens (tertiary/aromatic N) is 2. The molecule has 0 aromatic heterocycles. The molecule has 2 aliphatic rings. The van der Waals surface area contributed by atoms with Gasteiger partial charge in [-0.1, -0.05) is 12.8 Å². The molecule has 1 atom stereocenters. The van der Waals surface area contributed by atoms with Gasteiger partial charge in [-0.15, -0.1) is 0 Å². The molecule has 30 heavy (non-hydrogen) atoms. The highest BCUT2D eigenvalue weighted by Gasteiger charge is 2.33. The van der Waals surface area contributed by atoms with Crippen molar-refractivity contribution < 1.29 is 13.5 Å². The fraction of sp³-hybridized carbons (Fsp3) is 0.696. The van der Waals surface area contributed by atoms with Crippen molar-refractivity contribution in [2.45, 2.75) is 45.4 Å². The predicted octanol–water partition coefficient (Wildman–Crippen LogP) is 3.94. The Hall–Kier alpha value is -1.89. The van der Waals surface area contributed by atoms with Crippen LogP contribution in [0.3, 0.4) is 0 Å². The van der Waals surface area contributed by atoms with E-state index in [0.717, 1.165) is 63.9 Å². The van der Waals surface area contributed by atoms with E-state index in [9.17, 15) is 8.78 Å². The lowest BCUT2D eigenvalue weighted by Gasteiger charge is -2.30. The van der Waals surface area contributed by atoms with Gasteiger partial charge in [-0.3, -0.25) is 4.99 Å². The van der Waals surface area contributed by atoms with Gasteiger partial charge in [0.2, 0.25) is 0 Å². The van der Waals surface area contributed by atoms with Gasteiger partial charge < -0.3 is 20.3 Å². The van der Waals surface area contributed by atoms with Crippen LogP contribution in [0.25, 0.3) is 0 Å². The maximum absolute atomic E-state index is 13.5. The van der Waals surface area contributed by atoms with Gasteiger partial charge in [0, 0.05) is 58.2 Å². The Morgan fingerprint density at radius 1 is 1.23 bits per heavy atom. The normalized spacial score (nSPS) is 21.3. The molecule has 1 saturated heterocycles. The molecule has 1 aromatic carbocycles. The summed E-state index contributed by atoms with van der Waals surface area (Å²) in [5.41, 5.74) is 1.06. The SMILES string of the molecule is CCOCCC1(CNC(=NC)NCC2CCN(c3ccc(F)c(F)c3)C2)CCCC1. The molecular formula is C23H36F2N4O. The van der Waals surface area contributed by atoms with Gasteiger partial charge >= 0.3 is 0 Å². The molecule has 2 fully saturated rings. The number of hydrogen-bond acceptors (Lipinski definition) is 3. The summed E-state index contributed by atoms with van der Waals surface area (Å²) < 4.78 is 32.3. The van der Waals surface area contributed by atoms with Crippen molar-refractivity contribution >= 4 is 11.6 Å². The highest BCUT2D eigenvalue weighted by Crippen LogP contribution is 2.40. The molecule has 0 bridgehead atoms. The van der Waals surface area contributed by atoms with Crippen LogP contribution < -0.4 is 15.5 Å². The molecule has 0 spiro atoms. The van der Waals surface area contributed by atoms with E-state index < -0.39 is 11.6 Å². The number of nitrogens with one attached hydrogen (secondary N) is 2. The van der Waals surface area contributed by atoms with Crippen LogP contribution in [-0.2, 0) is 4.74 Å². The molecular weight excluding hydrogens is 386 g/mol. The van der Waals surface area contributed by atoms with Gasteiger partial charge in [0.15, 0.2) is 17.6 Å². The average molecular weight is 423 g/mol. The first-order valence-corrected chi connectivity index (χ1v) is 11.3. The third-order valence-electron chi connectivity index (χ3n) is 6.61. The summed E-state index contributed by atoms with van der Waals surface area (Å²) in [6, 6.07) is 4.14. The third kappa shape index (κ3) is 6.06. The Morgan fingerprint density at radius 2 is 2.03 bits per heavy atom. The molecule has 168 valence electrons. The molecule has 1 aliphatic heterocycles. The lowest BCUT2D eigenvalue weighted by atomic mass is 9.83. The van der Waals surface area contributed by atoms with E-state index in [-0.39, 0.29) is 0 Å². The standard InChI is InChI=1S/C23H36F2N4O/c1-3-30-13-11-23(9-4-5-10-23)17-28-22(26-2)27-15-18-8-12-29(16-18)19-6-7-20(24)21(25)14-19/h6-7,14,18H,3-5,8-13,15-17H2,1-2H3,(H2,26,27,28). The number of halogens is 2. The van der Waals surface area contributed by atoms with Crippen molar-refractivity contribution in [3.05, 3.63) is 29.8 Å². The summed E-state index contributed by atoms with van der Waals surface area (Å²) in [5.74, 6) is -0.310. The molecule has 1 saturated carbocycles. The van der Waals surface area contributed by atoms with Crippen molar-refractivity contribution in [1.29, 1.82) is 0 Å². The molecule has 1 heterocycles. The van der Waals surface area contributed by atoms with E-state index in [1.165, 1.54) is 37.8 Å². The zero-order valence-corrected chi connectivity index (χ0v) is 18.4. The van der Waals surface area contributed by atoms with Crippen molar-refractivity contribution in [1.82, 2.24) is 10.6 Å². The van der Waals surface area contributed by atoms with Crippen LogP contribution in [0.1, 0.15) is 45.4 Å². The number of hydrogen-bond donors (Lipinski definition) is 2. The van der Waals surface area contributed by atoms with E-state index >= 15 is 0 Å². The van der Waals surface area contributed by atoms with E-state index in [2.05, 4.69) is 20.5 Å². The minimum atomic E-state index is -0.799. The van der Waals surface area contributed by atoms with Crippen LogP contribution in [0.15, 0.2) is 23.2 Å². The molecule has 0 radical (unpaired) electrons. The van der Waals surface area contributed by atoms with Crippen LogP contribution in [0.4, 0.5) is 14.5 Å². The zero-order valence-electron chi connectivity index (χ0n) is 18.4. The van der Waals surface area contributed by atoms with E-state index in [4.69, 9.17) is 4.74 Å². The summed E-state index contributed by atoms with van der Waals surface area (Å²) in [4.78, 5) is 6.51. The highest BCUT2D eigenvalue weighted by atomic mass is 19.2. The van der Waals surface area contributed by atoms with Gasteiger partial charge in [0.1, 0.15) is 0 Å². The van der Waals surface area contributed by atoms with Gasteiger partial charge in [-0.2, -0.15) is 0 Å². The van der Waals surface area contributed by atoms with Crippen LogP contribution >= 0.6 is 0 Å². The van der Waals surface area contributed by atoms with E-state index in [0.29, 0.717) is 11.3 Å². The lowest BCUT2D eigenvalue weighted by Crippen LogP contribution is -2.45. The molecule has 1 aliphatic carbocycles. The van der Waals surface area contributed by atoms with Crippen molar-refractivity contribution in [2.75, 3.05) is 51.3 Å². The van der Waals surface area contributed by atoms with Crippen LogP contribution in [0, 0.1) is 23.0 Å². The maximum Gasteiger partial charge on any atom is 0.191 e. The number of benzene rings is 1.